The third kappa shape index (κ3) is 1.19. The van der Waals surface area contributed by atoms with Gasteiger partial charge in [0, 0.05) is 18.1 Å². The number of hydrogen-bond donors (Lipinski definition) is 0. The van der Waals surface area contributed by atoms with E-state index in [9.17, 15) is 0 Å². The molecule has 0 saturated carbocycles. The Morgan fingerprint density at radius 3 is 2.56 bits per heavy atom. The highest BCUT2D eigenvalue weighted by Crippen LogP contribution is 2.00. The Labute approximate surface area is 60.3 Å². The number of hydrogen-bond acceptors (Lipinski definition) is 1. The first-order chi connectivity index (χ1) is 4.22. The smallest absolute Gasteiger partial charge is 0.0542 e. The standard InChI is InChI=1S/C7H9NS/c1-6(9)7-4-3-5-8(7)2/h3-5H,1-2H3. The van der Waals surface area contributed by atoms with Gasteiger partial charge in [-0.15, -0.1) is 0 Å². The lowest BCUT2D eigenvalue weighted by atomic mass is 10.3. The second-order valence-corrected chi connectivity index (χ2v) is 2.67. The molecule has 0 radical (unpaired) electrons. The molecule has 0 unspecified atom stereocenters. The molecule has 0 saturated heterocycles. The number of aromatic nitrogens is 1. The molecule has 0 amide bonds. The Hall–Kier alpha value is -0.630. The van der Waals surface area contributed by atoms with Gasteiger partial charge in [-0.3, -0.25) is 0 Å². The fourth-order valence-corrected chi connectivity index (χ4v) is 1.04. The fourth-order valence-electron chi connectivity index (χ4n) is 0.827. The first-order valence-electron chi connectivity index (χ1n) is 2.84. The van der Waals surface area contributed by atoms with Crippen LogP contribution in [0.5, 0.6) is 0 Å². The Balaban J connectivity index is 3.08. The summed E-state index contributed by atoms with van der Waals surface area (Å²) in [6.07, 6.45) is 1.99. The van der Waals surface area contributed by atoms with Crippen molar-refractivity contribution >= 4 is 17.1 Å². The van der Waals surface area contributed by atoms with Crippen LogP contribution in [0.15, 0.2) is 18.3 Å². The Bertz CT molecular complexity index is 225. The molecule has 2 heteroatoms. The zero-order chi connectivity index (χ0) is 6.85. The average molecular weight is 139 g/mol. The van der Waals surface area contributed by atoms with Crippen LogP contribution in [0.25, 0.3) is 0 Å². The fraction of sp³-hybridized carbons (Fsp3) is 0.286. The maximum Gasteiger partial charge on any atom is 0.0542 e. The summed E-state index contributed by atoms with van der Waals surface area (Å²) in [7, 11) is 1.99. The van der Waals surface area contributed by atoms with E-state index in [0.29, 0.717) is 0 Å². The lowest BCUT2D eigenvalue weighted by molar-refractivity contribution is 0.917. The van der Waals surface area contributed by atoms with Crippen LogP contribution in [0.1, 0.15) is 12.6 Å². The molecular weight excluding hydrogens is 130 g/mol. The van der Waals surface area contributed by atoms with E-state index in [0.717, 1.165) is 10.6 Å². The van der Waals surface area contributed by atoms with E-state index in [1.54, 1.807) is 0 Å². The van der Waals surface area contributed by atoms with E-state index >= 15 is 0 Å². The minimum absolute atomic E-state index is 0.947. The molecule has 0 aliphatic heterocycles. The van der Waals surface area contributed by atoms with E-state index in [2.05, 4.69) is 0 Å². The molecule has 48 valence electrons. The van der Waals surface area contributed by atoms with Gasteiger partial charge in [-0.1, -0.05) is 12.2 Å². The summed E-state index contributed by atoms with van der Waals surface area (Å²) < 4.78 is 2.02. The van der Waals surface area contributed by atoms with Crippen LogP contribution in [-0.4, -0.2) is 9.43 Å². The van der Waals surface area contributed by atoms with Crippen LogP contribution in [0.4, 0.5) is 0 Å². The van der Waals surface area contributed by atoms with E-state index in [4.69, 9.17) is 12.2 Å². The zero-order valence-electron chi connectivity index (χ0n) is 5.59. The van der Waals surface area contributed by atoms with Crippen LogP contribution in [0.2, 0.25) is 0 Å². The summed E-state index contributed by atoms with van der Waals surface area (Å²) in [6, 6.07) is 4.01. The van der Waals surface area contributed by atoms with Crippen molar-refractivity contribution in [3.8, 4) is 0 Å². The Morgan fingerprint density at radius 1 is 1.67 bits per heavy atom. The average Bonchev–Trinajstić information content (AvgIpc) is 2.13. The van der Waals surface area contributed by atoms with Gasteiger partial charge in [-0.05, 0) is 19.1 Å². The number of nitrogens with zero attached hydrogens (tertiary/aromatic N) is 1. The van der Waals surface area contributed by atoms with Gasteiger partial charge in [0.1, 0.15) is 0 Å². The second-order valence-electron chi connectivity index (χ2n) is 2.06. The zero-order valence-corrected chi connectivity index (χ0v) is 6.40. The lowest BCUT2D eigenvalue weighted by Gasteiger charge is -1.97. The summed E-state index contributed by atoms with van der Waals surface area (Å²) >= 11 is 4.98. The van der Waals surface area contributed by atoms with Crippen molar-refractivity contribution in [2.24, 2.45) is 7.05 Å². The predicted octanol–water partition coefficient (Wildman–Crippen LogP) is 1.76. The molecule has 1 rings (SSSR count). The molecule has 0 atom stereocenters. The van der Waals surface area contributed by atoms with Gasteiger partial charge in [0.05, 0.1) is 5.69 Å². The van der Waals surface area contributed by atoms with Gasteiger partial charge in [0.25, 0.3) is 0 Å². The molecule has 0 aromatic carbocycles. The van der Waals surface area contributed by atoms with Crippen molar-refractivity contribution in [1.82, 2.24) is 4.57 Å². The summed E-state index contributed by atoms with van der Waals surface area (Å²) in [5.41, 5.74) is 1.13. The minimum Gasteiger partial charge on any atom is -0.350 e. The number of rotatable bonds is 1. The highest BCUT2D eigenvalue weighted by Gasteiger charge is 1.95. The topological polar surface area (TPSA) is 4.93 Å². The van der Waals surface area contributed by atoms with E-state index < -0.39 is 0 Å². The third-order valence-electron chi connectivity index (χ3n) is 1.30. The summed E-state index contributed by atoms with van der Waals surface area (Å²) in [6.45, 7) is 1.94. The largest absolute Gasteiger partial charge is 0.350 e. The van der Waals surface area contributed by atoms with E-state index in [-0.39, 0.29) is 0 Å². The van der Waals surface area contributed by atoms with Gasteiger partial charge in [0.15, 0.2) is 0 Å². The van der Waals surface area contributed by atoms with Crippen LogP contribution < -0.4 is 0 Å². The van der Waals surface area contributed by atoms with Crippen LogP contribution in [0.3, 0.4) is 0 Å². The van der Waals surface area contributed by atoms with Crippen molar-refractivity contribution < 1.29 is 0 Å². The second kappa shape index (κ2) is 2.31. The SMILES string of the molecule is CC(=S)c1cccn1C. The highest BCUT2D eigenvalue weighted by atomic mass is 32.1. The molecule has 0 N–H and O–H groups in total. The van der Waals surface area contributed by atoms with E-state index in [1.807, 2.05) is 36.9 Å². The maximum absolute atomic E-state index is 4.98. The molecule has 0 fully saturated rings. The number of thiocarbonyl (C=S) groups is 1. The van der Waals surface area contributed by atoms with Gasteiger partial charge in [0.2, 0.25) is 0 Å². The Morgan fingerprint density at radius 2 is 2.33 bits per heavy atom. The van der Waals surface area contributed by atoms with Crippen LogP contribution >= 0.6 is 12.2 Å². The molecule has 1 aromatic heterocycles. The third-order valence-corrected chi connectivity index (χ3v) is 1.51. The van der Waals surface area contributed by atoms with Crippen LogP contribution in [-0.2, 0) is 7.05 Å². The van der Waals surface area contributed by atoms with Gasteiger partial charge in [-0.25, -0.2) is 0 Å². The van der Waals surface area contributed by atoms with Crippen molar-refractivity contribution in [1.29, 1.82) is 0 Å². The quantitative estimate of drug-likeness (QED) is 0.424. The van der Waals surface area contributed by atoms with Gasteiger partial charge < -0.3 is 4.57 Å². The molecule has 1 nitrogen and oxygen atoms in total. The first-order valence-corrected chi connectivity index (χ1v) is 3.25. The van der Waals surface area contributed by atoms with E-state index in [1.165, 1.54) is 0 Å². The molecule has 0 spiro atoms. The van der Waals surface area contributed by atoms with Gasteiger partial charge in [-0.2, -0.15) is 0 Å². The maximum atomic E-state index is 4.98. The summed E-state index contributed by atoms with van der Waals surface area (Å²) in [4.78, 5) is 0.947. The van der Waals surface area contributed by atoms with Crippen LogP contribution in [0, 0.1) is 0 Å². The molecule has 1 heterocycles. The predicted molar refractivity (Wildman–Crippen MR) is 42.8 cm³/mol. The van der Waals surface area contributed by atoms with Gasteiger partial charge >= 0.3 is 0 Å². The molecule has 1 aromatic rings. The molecular formula is C7H9NS. The molecule has 0 bridgehead atoms. The monoisotopic (exact) mass is 139 g/mol. The number of aryl methyl sites for hydroxylation is 1. The summed E-state index contributed by atoms with van der Waals surface area (Å²) in [5.74, 6) is 0. The lowest BCUT2D eigenvalue weighted by Crippen LogP contribution is -1.98. The molecule has 9 heavy (non-hydrogen) atoms. The van der Waals surface area contributed by atoms with Crippen molar-refractivity contribution in [3.63, 3.8) is 0 Å². The minimum atomic E-state index is 0.947. The van der Waals surface area contributed by atoms with Crippen molar-refractivity contribution in [2.45, 2.75) is 6.92 Å². The van der Waals surface area contributed by atoms with Crippen molar-refractivity contribution in [3.05, 3.63) is 24.0 Å². The molecule has 0 aliphatic carbocycles. The summed E-state index contributed by atoms with van der Waals surface area (Å²) in [5, 5.41) is 0. The van der Waals surface area contributed by atoms with Crippen molar-refractivity contribution in [2.75, 3.05) is 0 Å². The first kappa shape index (κ1) is 6.49. The normalized spacial score (nSPS) is 9.56. The highest BCUT2D eigenvalue weighted by molar-refractivity contribution is 7.80. The molecule has 0 aliphatic rings. The Kier molecular flexibility index (Phi) is 1.67.